The number of halogens is 1. The van der Waals surface area contributed by atoms with Crippen molar-refractivity contribution in [2.75, 3.05) is 5.32 Å². The SMILES string of the molecule is CC(C)c1ccc(-c2nc3cc(NC(=O)C(C)(C)Oc4ccc(Cl)cc4)ccc3o2)cc1. The van der Waals surface area contributed by atoms with E-state index in [1.807, 2.05) is 12.1 Å². The molecule has 3 aromatic carbocycles. The molecule has 0 saturated carbocycles. The fraction of sp³-hybridized carbons (Fsp3) is 0.231. The Morgan fingerprint density at radius 2 is 1.72 bits per heavy atom. The van der Waals surface area contributed by atoms with Gasteiger partial charge in [-0.05, 0) is 79.9 Å². The van der Waals surface area contributed by atoms with Gasteiger partial charge in [0.1, 0.15) is 11.3 Å². The zero-order valence-corrected chi connectivity index (χ0v) is 19.2. The third kappa shape index (κ3) is 4.78. The standard InChI is InChI=1S/C26H25ClN2O3/c1-16(2)17-5-7-18(8-6-17)24-29-22-15-20(11-14-23(22)31-24)28-25(30)26(3,4)32-21-12-9-19(27)10-13-21/h5-16H,1-4H3,(H,28,30). The first-order chi connectivity index (χ1) is 15.2. The summed E-state index contributed by atoms with van der Waals surface area (Å²) in [6, 6.07) is 20.5. The van der Waals surface area contributed by atoms with E-state index in [-0.39, 0.29) is 5.91 Å². The summed E-state index contributed by atoms with van der Waals surface area (Å²) in [5.41, 5.74) is 3.03. The first-order valence-electron chi connectivity index (χ1n) is 10.5. The molecule has 1 amide bonds. The Labute approximate surface area is 192 Å². The largest absolute Gasteiger partial charge is 0.478 e. The maximum absolute atomic E-state index is 12.8. The smallest absolute Gasteiger partial charge is 0.267 e. The Hall–Kier alpha value is -3.31. The lowest BCUT2D eigenvalue weighted by molar-refractivity contribution is -0.128. The van der Waals surface area contributed by atoms with Gasteiger partial charge in [-0.25, -0.2) is 4.98 Å². The number of aromatic nitrogens is 1. The molecule has 0 unspecified atom stereocenters. The second-order valence-electron chi connectivity index (χ2n) is 8.50. The van der Waals surface area contributed by atoms with Crippen LogP contribution in [0.15, 0.2) is 71.1 Å². The number of hydrogen-bond acceptors (Lipinski definition) is 4. The minimum Gasteiger partial charge on any atom is -0.478 e. The Morgan fingerprint density at radius 3 is 2.38 bits per heavy atom. The minimum atomic E-state index is -1.09. The van der Waals surface area contributed by atoms with Crippen LogP contribution in [0.4, 0.5) is 5.69 Å². The third-order valence-electron chi connectivity index (χ3n) is 5.20. The van der Waals surface area contributed by atoms with Gasteiger partial charge >= 0.3 is 0 Å². The fourth-order valence-electron chi connectivity index (χ4n) is 3.26. The number of hydrogen-bond donors (Lipinski definition) is 1. The summed E-state index contributed by atoms with van der Waals surface area (Å²) in [5, 5.41) is 3.51. The first kappa shape index (κ1) is 21.9. The molecule has 4 aromatic rings. The summed E-state index contributed by atoms with van der Waals surface area (Å²) in [7, 11) is 0. The van der Waals surface area contributed by atoms with Crippen LogP contribution in [-0.4, -0.2) is 16.5 Å². The van der Waals surface area contributed by atoms with Crippen LogP contribution in [0, 0.1) is 0 Å². The lowest BCUT2D eigenvalue weighted by Gasteiger charge is -2.25. The maximum atomic E-state index is 12.8. The summed E-state index contributed by atoms with van der Waals surface area (Å²) in [5.74, 6) is 1.30. The van der Waals surface area contributed by atoms with Crippen molar-refractivity contribution in [1.29, 1.82) is 0 Å². The van der Waals surface area contributed by atoms with Crippen LogP contribution in [0.5, 0.6) is 5.75 Å². The molecule has 0 bridgehead atoms. The van der Waals surface area contributed by atoms with Crippen molar-refractivity contribution >= 4 is 34.3 Å². The van der Waals surface area contributed by atoms with Gasteiger partial charge in [-0.3, -0.25) is 4.79 Å². The summed E-state index contributed by atoms with van der Waals surface area (Å²) in [6.07, 6.45) is 0. The van der Waals surface area contributed by atoms with E-state index in [1.165, 1.54) is 5.56 Å². The van der Waals surface area contributed by atoms with Crippen LogP contribution in [0.25, 0.3) is 22.6 Å². The van der Waals surface area contributed by atoms with Crippen molar-refractivity contribution in [3.8, 4) is 17.2 Å². The van der Waals surface area contributed by atoms with Gasteiger partial charge in [0.15, 0.2) is 11.2 Å². The number of nitrogens with zero attached hydrogens (tertiary/aromatic N) is 1. The predicted octanol–water partition coefficient (Wildman–Crippen LogP) is 7.07. The van der Waals surface area contributed by atoms with Crippen LogP contribution >= 0.6 is 11.6 Å². The average molecular weight is 449 g/mol. The van der Waals surface area contributed by atoms with Gasteiger partial charge in [-0.15, -0.1) is 0 Å². The monoisotopic (exact) mass is 448 g/mol. The van der Waals surface area contributed by atoms with E-state index < -0.39 is 5.60 Å². The molecule has 0 radical (unpaired) electrons. The van der Waals surface area contributed by atoms with Gasteiger partial charge in [0.05, 0.1) is 0 Å². The zero-order chi connectivity index (χ0) is 22.9. The number of benzene rings is 3. The lowest BCUT2D eigenvalue weighted by atomic mass is 10.0. The number of ether oxygens (including phenoxy) is 1. The number of anilines is 1. The van der Waals surface area contributed by atoms with Crippen LogP contribution in [0.2, 0.25) is 5.02 Å². The molecule has 32 heavy (non-hydrogen) atoms. The third-order valence-corrected chi connectivity index (χ3v) is 5.46. The van der Waals surface area contributed by atoms with E-state index >= 15 is 0 Å². The van der Waals surface area contributed by atoms with Gasteiger partial charge in [-0.2, -0.15) is 0 Å². The predicted molar refractivity (Wildman–Crippen MR) is 128 cm³/mol. The number of oxazole rings is 1. The molecule has 4 rings (SSSR count). The molecule has 1 N–H and O–H groups in total. The van der Waals surface area contributed by atoms with Crippen molar-refractivity contribution in [3.05, 3.63) is 77.3 Å². The molecule has 5 nitrogen and oxygen atoms in total. The Bertz CT molecular complexity index is 1240. The second kappa shape index (κ2) is 8.67. The van der Waals surface area contributed by atoms with Crippen molar-refractivity contribution in [1.82, 2.24) is 4.98 Å². The van der Waals surface area contributed by atoms with E-state index in [9.17, 15) is 4.79 Å². The van der Waals surface area contributed by atoms with Crippen molar-refractivity contribution in [3.63, 3.8) is 0 Å². The number of rotatable bonds is 6. The topological polar surface area (TPSA) is 64.4 Å². The molecule has 0 atom stereocenters. The maximum Gasteiger partial charge on any atom is 0.267 e. The molecule has 0 fully saturated rings. The Morgan fingerprint density at radius 1 is 1.03 bits per heavy atom. The zero-order valence-electron chi connectivity index (χ0n) is 18.5. The highest BCUT2D eigenvalue weighted by atomic mass is 35.5. The number of fused-ring (bicyclic) bond motifs is 1. The highest BCUT2D eigenvalue weighted by molar-refractivity contribution is 6.30. The Kier molecular flexibility index (Phi) is 5.94. The molecule has 164 valence electrons. The van der Waals surface area contributed by atoms with Crippen molar-refractivity contribution in [2.24, 2.45) is 0 Å². The van der Waals surface area contributed by atoms with Crippen molar-refractivity contribution < 1.29 is 13.9 Å². The second-order valence-corrected chi connectivity index (χ2v) is 8.94. The summed E-state index contributed by atoms with van der Waals surface area (Å²) in [4.78, 5) is 17.5. The highest BCUT2D eigenvalue weighted by Gasteiger charge is 2.30. The lowest BCUT2D eigenvalue weighted by Crippen LogP contribution is -2.42. The van der Waals surface area contributed by atoms with E-state index in [2.05, 4.69) is 36.3 Å². The molecule has 0 saturated heterocycles. The quantitative estimate of drug-likeness (QED) is 0.342. The number of carbonyl (C=O) groups excluding carboxylic acids is 1. The number of nitrogens with one attached hydrogen (secondary N) is 1. The van der Waals surface area contributed by atoms with Gasteiger partial charge < -0.3 is 14.5 Å². The van der Waals surface area contributed by atoms with Gasteiger partial charge in [0.25, 0.3) is 5.91 Å². The number of amides is 1. The van der Waals surface area contributed by atoms with E-state index in [1.54, 1.807) is 56.3 Å². The van der Waals surface area contributed by atoms with Crippen LogP contribution in [0.3, 0.4) is 0 Å². The van der Waals surface area contributed by atoms with Gasteiger partial charge in [0.2, 0.25) is 5.89 Å². The molecular weight excluding hydrogens is 424 g/mol. The molecule has 0 spiro atoms. The Balaban J connectivity index is 1.50. The van der Waals surface area contributed by atoms with E-state index in [4.69, 9.17) is 20.8 Å². The molecular formula is C26H25ClN2O3. The van der Waals surface area contributed by atoms with Crippen LogP contribution < -0.4 is 10.1 Å². The summed E-state index contributed by atoms with van der Waals surface area (Å²) >= 11 is 5.91. The normalized spacial score (nSPS) is 11.7. The molecule has 1 heterocycles. The van der Waals surface area contributed by atoms with E-state index in [0.717, 1.165) is 5.56 Å². The molecule has 1 aromatic heterocycles. The molecule has 0 aliphatic carbocycles. The fourth-order valence-corrected chi connectivity index (χ4v) is 3.39. The van der Waals surface area contributed by atoms with Gasteiger partial charge in [0, 0.05) is 16.3 Å². The van der Waals surface area contributed by atoms with Crippen LogP contribution in [-0.2, 0) is 4.79 Å². The molecule has 0 aliphatic heterocycles. The summed E-state index contributed by atoms with van der Waals surface area (Å²) in [6.45, 7) is 7.74. The van der Waals surface area contributed by atoms with Crippen molar-refractivity contribution in [2.45, 2.75) is 39.2 Å². The number of carbonyl (C=O) groups is 1. The highest BCUT2D eigenvalue weighted by Crippen LogP contribution is 2.28. The summed E-state index contributed by atoms with van der Waals surface area (Å²) < 4.78 is 11.8. The molecule has 0 aliphatic rings. The minimum absolute atomic E-state index is 0.278. The first-order valence-corrected chi connectivity index (χ1v) is 10.9. The molecule has 6 heteroatoms. The van der Waals surface area contributed by atoms with Gasteiger partial charge in [-0.1, -0.05) is 37.6 Å². The average Bonchev–Trinajstić information content (AvgIpc) is 3.18. The van der Waals surface area contributed by atoms with Crippen LogP contribution in [0.1, 0.15) is 39.2 Å². The van der Waals surface area contributed by atoms with E-state index in [0.29, 0.717) is 39.4 Å².